The molecule has 4 rings (SSSR count). The Morgan fingerprint density at radius 1 is 1.15 bits per heavy atom. The minimum Gasteiger partial charge on any atom is -0.444 e. The summed E-state index contributed by atoms with van der Waals surface area (Å²) in [7, 11) is 0. The Labute approximate surface area is 202 Å². The van der Waals surface area contributed by atoms with Crippen molar-refractivity contribution in [1.82, 2.24) is 9.88 Å². The number of likely N-dealkylation sites (tertiary alicyclic amines) is 1. The number of thiazole rings is 1. The second-order valence-corrected chi connectivity index (χ2v) is 10.4. The molecule has 172 valence electrons. The lowest BCUT2D eigenvalue weighted by Crippen LogP contribution is -2.40. The van der Waals surface area contributed by atoms with Crippen LogP contribution in [0, 0.1) is 0 Å². The summed E-state index contributed by atoms with van der Waals surface area (Å²) >= 11 is 7.92. The van der Waals surface area contributed by atoms with Crippen molar-refractivity contribution < 1.29 is 14.3 Å². The van der Waals surface area contributed by atoms with E-state index >= 15 is 0 Å². The number of nitrogens with zero attached hydrogens (tertiary/aromatic N) is 2. The summed E-state index contributed by atoms with van der Waals surface area (Å²) in [4.78, 5) is 31.1. The third-order valence-corrected chi connectivity index (χ3v) is 6.47. The molecule has 0 atom stereocenters. The van der Waals surface area contributed by atoms with Crippen LogP contribution in [0.15, 0.2) is 48.0 Å². The molecule has 1 aliphatic rings. The van der Waals surface area contributed by atoms with Crippen LogP contribution in [0.1, 0.15) is 49.5 Å². The molecule has 0 unspecified atom stereocenters. The van der Waals surface area contributed by atoms with Crippen LogP contribution in [0.25, 0.3) is 16.3 Å². The molecule has 1 saturated heterocycles. The third kappa shape index (κ3) is 5.92. The Balaban J connectivity index is 1.39. The number of hydrogen-bond acceptors (Lipinski definition) is 5. The van der Waals surface area contributed by atoms with Gasteiger partial charge in [0.2, 0.25) is 0 Å². The lowest BCUT2D eigenvalue weighted by Gasteiger charge is -2.31. The molecule has 1 N–H and O–H groups in total. The van der Waals surface area contributed by atoms with Crippen LogP contribution in [0.2, 0.25) is 5.02 Å². The lowest BCUT2D eigenvalue weighted by molar-refractivity contribution is 0.0237. The SMILES string of the molecule is CC(C)(C)OC(=O)N1CCC(=Cc2ccc(C(=O)Nc3nc4ccccc4s3)cc2Cl)CC1. The van der Waals surface area contributed by atoms with Crippen LogP contribution in [0.4, 0.5) is 9.93 Å². The van der Waals surface area contributed by atoms with E-state index < -0.39 is 5.60 Å². The number of halogens is 1. The standard InChI is InChI=1S/C25H26ClN3O3S/c1-25(2,3)32-24(31)29-12-10-16(11-13-29)14-17-8-9-18(15-19(17)26)22(30)28-23-27-20-6-4-5-7-21(20)33-23/h4-9,14-15H,10-13H2,1-3H3,(H,27,28,30). The zero-order valence-corrected chi connectivity index (χ0v) is 20.4. The first-order valence-electron chi connectivity index (χ1n) is 10.8. The smallest absolute Gasteiger partial charge is 0.410 e. The van der Waals surface area contributed by atoms with Gasteiger partial charge in [-0.15, -0.1) is 0 Å². The summed E-state index contributed by atoms with van der Waals surface area (Å²) in [6.07, 6.45) is 3.29. The van der Waals surface area contributed by atoms with Crippen LogP contribution in [0.3, 0.4) is 0 Å². The molecule has 0 saturated carbocycles. The number of fused-ring (bicyclic) bond motifs is 1. The number of benzene rings is 2. The van der Waals surface area contributed by atoms with E-state index in [1.165, 1.54) is 16.9 Å². The van der Waals surface area contributed by atoms with Gasteiger partial charge in [0, 0.05) is 23.7 Å². The van der Waals surface area contributed by atoms with Gasteiger partial charge in [0.1, 0.15) is 5.60 Å². The molecular formula is C25H26ClN3O3S. The van der Waals surface area contributed by atoms with Crippen molar-refractivity contribution in [3.63, 3.8) is 0 Å². The minimum atomic E-state index is -0.498. The van der Waals surface area contributed by atoms with E-state index in [1.807, 2.05) is 57.2 Å². The summed E-state index contributed by atoms with van der Waals surface area (Å²) < 4.78 is 6.47. The molecule has 8 heteroatoms. The molecule has 2 heterocycles. The number of anilines is 1. The van der Waals surface area contributed by atoms with Crippen LogP contribution in [-0.2, 0) is 4.74 Å². The van der Waals surface area contributed by atoms with Gasteiger partial charge in [0.05, 0.1) is 10.2 Å². The Hall–Kier alpha value is -2.90. The predicted molar refractivity (Wildman–Crippen MR) is 134 cm³/mol. The quantitative estimate of drug-likeness (QED) is 0.454. The van der Waals surface area contributed by atoms with E-state index in [2.05, 4.69) is 10.3 Å². The largest absolute Gasteiger partial charge is 0.444 e. The van der Waals surface area contributed by atoms with Gasteiger partial charge >= 0.3 is 6.09 Å². The molecule has 0 aliphatic carbocycles. The van der Waals surface area contributed by atoms with E-state index in [1.54, 1.807) is 17.0 Å². The van der Waals surface area contributed by atoms with E-state index in [0.29, 0.717) is 28.8 Å². The van der Waals surface area contributed by atoms with Gasteiger partial charge in [-0.2, -0.15) is 0 Å². The monoisotopic (exact) mass is 483 g/mol. The van der Waals surface area contributed by atoms with Crippen LogP contribution < -0.4 is 5.32 Å². The van der Waals surface area contributed by atoms with Gasteiger partial charge in [-0.3, -0.25) is 10.1 Å². The highest BCUT2D eigenvalue weighted by Gasteiger charge is 2.24. The predicted octanol–water partition coefficient (Wildman–Crippen LogP) is 6.62. The summed E-state index contributed by atoms with van der Waals surface area (Å²) in [6, 6.07) is 13.0. The Bertz CT molecular complexity index is 1190. The normalized spacial score (nSPS) is 14.3. The van der Waals surface area contributed by atoms with Gasteiger partial charge in [-0.1, -0.05) is 52.8 Å². The highest BCUT2D eigenvalue weighted by Crippen LogP contribution is 2.28. The fourth-order valence-corrected chi connectivity index (χ4v) is 4.64. The minimum absolute atomic E-state index is 0.249. The molecule has 0 radical (unpaired) electrons. The van der Waals surface area contributed by atoms with Crippen molar-refractivity contribution in [2.45, 2.75) is 39.2 Å². The van der Waals surface area contributed by atoms with Crippen molar-refractivity contribution in [2.75, 3.05) is 18.4 Å². The summed E-state index contributed by atoms with van der Waals surface area (Å²) in [5.41, 5.74) is 2.90. The molecule has 0 spiro atoms. The second-order valence-electron chi connectivity index (χ2n) is 8.95. The maximum absolute atomic E-state index is 12.7. The zero-order chi connectivity index (χ0) is 23.6. The zero-order valence-electron chi connectivity index (χ0n) is 18.9. The van der Waals surface area contributed by atoms with Crippen molar-refractivity contribution in [2.24, 2.45) is 0 Å². The fraction of sp³-hybridized carbons (Fsp3) is 0.320. The molecule has 33 heavy (non-hydrogen) atoms. The van der Waals surface area contributed by atoms with Gasteiger partial charge in [0.15, 0.2) is 5.13 Å². The number of carbonyl (C=O) groups excluding carboxylic acids is 2. The number of piperidine rings is 1. The van der Waals surface area contributed by atoms with Crippen molar-refractivity contribution in [3.8, 4) is 0 Å². The molecular weight excluding hydrogens is 458 g/mol. The molecule has 1 fully saturated rings. The Morgan fingerprint density at radius 2 is 1.88 bits per heavy atom. The Kier molecular flexibility index (Phi) is 6.72. The molecule has 2 aromatic carbocycles. The lowest BCUT2D eigenvalue weighted by atomic mass is 10.0. The van der Waals surface area contributed by atoms with Gasteiger partial charge in [-0.25, -0.2) is 9.78 Å². The average Bonchev–Trinajstić information content (AvgIpc) is 3.16. The van der Waals surface area contributed by atoms with Crippen molar-refractivity contribution in [3.05, 3.63) is 64.2 Å². The van der Waals surface area contributed by atoms with E-state index in [9.17, 15) is 9.59 Å². The second kappa shape index (κ2) is 9.53. The molecule has 3 aromatic rings. The third-order valence-electron chi connectivity index (χ3n) is 5.19. The van der Waals surface area contributed by atoms with Crippen molar-refractivity contribution >= 4 is 56.4 Å². The van der Waals surface area contributed by atoms with E-state index in [-0.39, 0.29) is 12.0 Å². The summed E-state index contributed by atoms with van der Waals surface area (Å²) in [6.45, 7) is 6.82. The topological polar surface area (TPSA) is 71.5 Å². The molecule has 0 bridgehead atoms. The number of para-hydroxylation sites is 1. The van der Waals surface area contributed by atoms with E-state index in [0.717, 1.165) is 28.6 Å². The van der Waals surface area contributed by atoms with Crippen LogP contribution in [-0.4, -0.2) is 40.6 Å². The summed E-state index contributed by atoms with van der Waals surface area (Å²) in [5.74, 6) is -0.249. The molecule has 1 aromatic heterocycles. The fourth-order valence-electron chi connectivity index (χ4n) is 3.55. The average molecular weight is 484 g/mol. The summed E-state index contributed by atoms with van der Waals surface area (Å²) in [5, 5.41) is 3.92. The number of amides is 2. The number of nitrogens with one attached hydrogen (secondary N) is 1. The van der Waals surface area contributed by atoms with Crippen molar-refractivity contribution in [1.29, 1.82) is 0 Å². The highest BCUT2D eigenvalue weighted by molar-refractivity contribution is 7.22. The van der Waals surface area contributed by atoms with Gasteiger partial charge in [-0.05, 0) is 63.4 Å². The number of rotatable bonds is 3. The molecule has 2 amide bonds. The Morgan fingerprint density at radius 3 is 2.55 bits per heavy atom. The maximum atomic E-state index is 12.7. The highest BCUT2D eigenvalue weighted by atomic mass is 35.5. The number of ether oxygens (including phenoxy) is 1. The first-order valence-corrected chi connectivity index (χ1v) is 12.0. The molecule has 1 aliphatic heterocycles. The molecule has 6 nitrogen and oxygen atoms in total. The first-order chi connectivity index (χ1) is 15.7. The van der Waals surface area contributed by atoms with Gasteiger partial charge < -0.3 is 9.64 Å². The maximum Gasteiger partial charge on any atom is 0.410 e. The number of carbonyl (C=O) groups is 2. The number of aromatic nitrogens is 1. The van der Waals surface area contributed by atoms with Crippen LogP contribution in [0.5, 0.6) is 0 Å². The first kappa shape index (κ1) is 23.3. The number of hydrogen-bond donors (Lipinski definition) is 1. The van der Waals surface area contributed by atoms with Gasteiger partial charge in [0.25, 0.3) is 5.91 Å². The van der Waals surface area contributed by atoms with Crippen LogP contribution >= 0.6 is 22.9 Å². The van der Waals surface area contributed by atoms with E-state index in [4.69, 9.17) is 16.3 Å².